The van der Waals surface area contributed by atoms with Crippen LogP contribution in [0.2, 0.25) is 0 Å². The minimum atomic E-state index is 0.325. The van der Waals surface area contributed by atoms with Crippen LogP contribution in [0.25, 0.3) is 0 Å². The number of aliphatic hydroxyl groups is 1. The van der Waals surface area contributed by atoms with Gasteiger partial charge in [-0.05, 0) is 6.42 Å². The smallest absolute Gasteiger partial charge is 0.0804 e. The van der Waals surface area contributed by atoms with Crippen LogP contribution in [0.1, 0.15) is 19.8 Å². The summed E-state index contributed by atoms with van der Waals surface area (Å²) < 4.78 is 1.04. The van der Waals surface area contributed by atoms with Gasteiger partial charge in [0.05, 0.1) is 27.2 Å². The zero-order valence-electron chi connectivity index (χ0n) is 7.43. The average Bonchev–Trinajstić information content (AvgIpc) is 1.84. The van der Waals surface area contributed by atoms with Gasteiger partial charge in [-0.2, -0.15) is 0 Å². The second kappa shape index (κ2) is 4.69. The van der Waals surface area contributed by atoms with Crippen LogP contribution in [-0.2, 0) is 0 Å². The molecule has 0 amide bonds. The van der Waals surface area contributed by atoms with E-state index in [4.69, 9.17) is 5.11 Å². The molecule has 10 heavy (non-hydrogen) atoms. The summed E-state index contributed by atoms with van der Waals surface area (Å²) in [5.41, 5.74) is 0. The van der Waals surface area contributed by atoms with Crippen molar-refractivity contribution >= 4 is 0 Å². The molecule has 0 spiro atoms. The first-order valence-electron chi connectivity index (χ1n) is 4.05. The number of hydrogen-bond donors (Lipinski definition) is 1. The fraction of sp³-hybridized carbons (Fsp3) is 1.00. The average molecular weight is 146 g/mol. The summed E-state index contributed by atoms with van der Waals surface area (Å²) in [6.45, 7) is 4.81. The first-order chi connectivity index (χ1) is 4.62. The quantitative estimate of drug-likeness (QED) is 0.570. The van der Waals surface area contributed by atoms with E-state index in [-0.39, 0.29) is 0 Å². The van der Waals surface area contributed by atoms with Gasteiger partial charge in [0, 0.05) is 13.0 Å². The first kappa shape index (κ1) is 9.92. The second-order valence-electron chi connectivity index (χ2n) is 3.46. The highest BCUT2D eigenvalue weighted by molar-refractivity contribution is 4.34. The molecule has 0 aromatic heterocycles. The van der Waals surface area contributed by atoms with Crippen LogP contribution in [0.15, 0.2) is 0 Å². The lowest BCUT2D eigenvalue weighted by atomic mass is 10.3. The van der Waals surface area contributed by atoms with Crippen molar-refractivity contribution in [3.63, 3.8) is 0 Å². The highest BCUT2D eigenvalue weighted by Gasteiger charge is 2.11. The van der Waals surface area contributed by atoms with Crippen LogP contribution in [-0.4, -0.2) is 43.4 Å². The molecule has 0 aromatic rings. The molecule has 0 heterocycles. The SMILES string of the molecule is CCC[N+](C)(C)CCCO. The molecule has 0 aliphatic heterocycles. The molecule has 0 unspecified atom stereocenters. The molecule has 62 valence electrons. The minimum Gasteiger partial charge on any atom is -0.396 e. The predicted molar refractivity (Wildman–Crippen MR) is 43.8 cm³/mol. The monoisotopic (exact) mass is 146 g/mol. The number of rotatable bonds is 5. The van der Waals surface area contributed by atoms with E-state index in [0.717, 1.165) is 17.4 Å². The van der Waals surface area contributed by atoms with Crippen molar-refractivity contribution in [1.82, 2.24) is 0 Å². The Kier molecular flexibility index (Phi) is 4.65. The van der Waals surface area contributed by atoms with Crippen molar-refractivity contribution in [2.45, 2.75) is 19.8 Å². The van der Waals surface area contributed by atoms with E-state index < -0.39 is 0 Å². The van der Waals surface area contributed by atoms with Crippen molar-refractivity contribution in [2.24, 2.45) is 0 Å². The molecule has 0 rings (SSSR count). The molecule has 0 fully saturated rings. The van der Waals surface area contributed by atoms with Gasteiger partial charge in [-0.15, -0.1) is 0 Å². The fourth-order valence-electron chi connectivity index (χ4n) is 1.22. The molecular weight excluding hydrogens is 126 g/mol. The van der Waals surface area contributed by atoms with Gasteiger partial charge >= 0.3 is 0 Å². The van der Waals surface area contributed by atoms with Crippen LogP contribution in [0, 0.1) is 0 Å². The van der Waals surface area contributed by atoms with Gasteiger partial charge in [-0.3, -0.25) is 0 Å². The zero-order valence-corrected chi connectivity index (χ0v) is 7.43. The molecule has 2 nitrogen and oxygen atoms in total. The minimum absolute atomic E-state index is 0.325. The maximum absolute atomic E-state index is 8.59. The Hall–Kier alpha value is -0.0800. The van der Waals surface area contributed by atoms with Crippen molar-refractivity contribution in [3.05, 3.63) is 0 Å². The first-order valence-corrected chi connectivity index (χ1v) is 4.05. The van der Waals surface area contributed by atoms with Crippen LogP contribution in [0.3, 0.4) is 0 Å². The van der Waals surface area contributed by atoms with Crippen LogP contribution < -0.4 is 0 Å². The van der Waals surface area contributed by atoms with Crippen molar-refractivity contribution in [1.29, 1.82) is 0 Å². The predicted octanol–water partition coefficient (Wildman–Crippen LogP) is 0.855. The Balaban J connectivity index is 3.42. The highest BCUT2D eigenvalue weighted by atomic mass is 16.3. The molecule has 2 heteroatoms. The molecule has 0 aromatic carbocycles. The van der Waals surface area contributed by atoms with Crippen molar-refractivity contribution in [2.75, 3.05) is 33.8 Å². The number of aliphatic hydroxyl groups excluding tert-OH is 1. The zero-order chi connectivity index (χ0) is 8.04. The maximum atomic E-state index is 8.59. The third kappa shape index (κ3) is 4.77. The largest absolute Gasteiger partial charge is 0.396 e. The lowest BCUT2D eigenvalue weighted by Gasteiger charge is -2.28. The van der Waals surface area contributed by atoms with Crippen LogP contribution in [0.5, 0.6) is 0 Å². The molecule has 0 bridgehead atoms. The van der Waals surface area contributed by atoms with Gasteiger partial charge in [-0.1, -0.05) is 6.92 Å². The van der Waals surface area contributed by atoms with Crippen molar-refractivity contribution < 1.29 is 9.59 Å². The van der Waals surface area contributed by atoms with Gasteiger partial charge < -0.3 is 9.59 Å². The van der Waals surface area contributed by atoms with Gasteiger partial charge in [0.15, 0.2) is 0 Å². The number of quaternary nitrogens is 1. The van der Waals surface area contributed by atoms with E-state index in [1.165, 1.54) is 13.0 Å². The molecule has 0 saturated heterocycles. The fourth-order valence-corrected chi connectivity index (χ4v) is 1.22. The van der Waals surface area contributed by atoms with Gasteiger partial charge in [0.2, 0.25) is 0 Å². The lowest BCUT2D eigenvalue weighted by molar-refractivity contribution is -0.890. The number of nitrogens with zero attached hydrogens (tertiary/aromatic N) is 1. The lowest BCUT2D eigenvalue weighted by Crippen LogP contribution is -2.41. The Morgan fingerprint density at radius 3 is 2.20 bits per heavy atom. The molecule has 1 N–H and O–H groups in total. The topological polar surface area (TPSA) is 20.2 Å². The van der Waals surface area contributed by atoms with E-state index in [1.807, 2.05) is 0 Å². The summed E-state index contributed by atoms with van der Waals surface area (Å²) in [4.78, 5) is 0. The van der Waals surface area contributed by atoms with Gasteiger partial charge in [0.25, 0.3) is 0 Å². The number of hydrogen-bond acceptors (Lipinski definition) is 1. The second-order valence-corrected chi connectivity index (χ2v) is 3.46. The Bertz CT molecular complexity index is 81.3. The summed E-state index contributed by atoms with van der Waals surface area (Å²) in [6, 6.07) is 0. The van der Waals surface area contributed by atoms with Crippen LogP contribution in [0.4, 0.5) is 0 Å². The Morgan fingerprint density at radius 2 is 1.80 bits per heavy atom. The summed E-state index contributed by atoms with van der Waals surface area (Å²) in [5.74, 6) is 0. The van der Waals surface area contributed by atoms with Gasteiger partial charge in [-0.25, -0.2) is 0 Å². The van der Waals surface area contributed by atoms with Crippen LogP contribution >= 0.6 is 0 Å². The standard InChI is InChI=1S/C8H20NO/c1-4-6-9(2,3)7-5-8-10/h10H,4-8H2,1-3H3/q+1. The van der Waals surface area contributed by atoms with E-state index in [2.05, 4.69) is 21.0 Å². The molecular formula is C8H20NO+. The Morgan fingerprint density at radius 1 is 1.20 bits per heavy atom. The summed E-state index contributed by atoms with van der Waals surface area (Å²) in [6.07, 6.45) is 2.14. The summed E-state index contributed by atoms with van der Waals surface area (Å²) in [7, 11) is 4.42. The normalized spacial score (nSPS) is 12.0. The van der Waals surface area contributed by atoms with Crippen molar-refractivity contribution in [3.8, 4) is 0 Å². The third-order valence-electron chi connectivity index (χ3n) is 1.75. The summed E-state index contributed by atoms with van der Waals surface area (Å²) >= 11 is 0. The molecule has 0 atom stereocenters. The molecule has 0 aliphatic carbocycles. The molecule has 0 saturated carbocycles. The Labute approximate surface area is 64.1 Å². The van der Waals surface area contributed by atoms with Gasteiger partial charge in [0.1, 0.15) is 0 Å². The van der Waals surface area contributed by atoms with E-state index in [9.17, 15) is 0 Å². The van der Waals surface area contributed by atoms with E-state index >= 15 is 0 Å². The molecule has 0 radical (unpaired) electrons. The highest BCUT2D eigenvalue weighted by Crippen LogP contribution is 1.99. The van der Waals surface area contributed by atoms with E-state index in [1.54, 1.807) is 0 Å². The molecule has 0 aliphatic rings. The summed E-state index contributed by atoms with van der Waals surface area (Å²) in [5, 5.41) is 8.59. The maximum Gasteiger partial charge on any atom is 0.0804 e. The van der Waals surface area contributed by atoms with E-state index in [0.29, 0.717) is 6.61 Å². The third-order valence-corrected chi connectivity index (χ3v) is 1.75.